The molecule has 32 heavy (non-hydrogen) atoms. The number of benzene rings is 3. The summed E-state index contributed by atoms with van der Waals surface area (Å²) in [4.78, 5) is 28.0. The zero-order valence-corrected chi connectivity index (χ0v) is 16.9. The maximum Gasteiger partial charge on any atom is 0.490 e. The number of carboxylic acids is 1. The maximum absolute atomic E-state index is 11.3. The van der Waals surface area contributed by atoms with Crippen LogP contribution in [0.4, 0.5) is 13.2 Å². The number of fused-ring (bicyclic) bond motifs is 1. The van der Waals surface area contributed by atoms with E-state index in [1.54, 1.807) is 18.2 Å². The Hall–Kier alpha value is -3.85. The molecule has 0 saturated carbocycles. The van der Waals surface area contributed by atoms with Crippen LogP contribution in [0, 0.1) is 0 Å². The molecule has 0 saturated heterocycles. The Morgan fingerprint density at radius 2 is 1.41 bits per heavy atom. The number of aliphatic carboxylic acids is 1. The first-order valence-corrected chi connectivity index (χ1v) is 9.38. The molecule has 4 rings (SSSR count). The van der Waals surface area contributed by atoms with E-state index in [0.717, 1.165) is 38.6 Å². The third kappa shape index (κ3) is 5.44. The Kier molecular flexibility index (Phi) is 6.50. The lowest BCUT2D eigenvalue weighted by Crippen LogP contribution is -2.21. The standard InChI is InChI=1S/C20H14ClN3O.C2HF3O2/c21-16-8-5-13(6-9-16)12-1-3-14(4-2-12)20-23-17-10-7-15(19(22)25)11-18(17)24-20;3-2(4,5)1(6)7/h1-11H,(H2,22,25)(H,23,24);(H,6,7). The van der Waals surface area contributed by atoms with Gasteiger partial charge >= 0.3 is 12.1 Å². The highest BCUT2D eigenvalue weighted by Gasteiger charge is 2.38. The third-order valence-electron chi connectivity index (χ3n) is 4.34. The molecule has 6 nitrogen and oxygen atoms in total. The average Bonchev–Trinajstić information content (AvgIpc) is 3.17. The van der Waals surface area contributed by atoms with Crippen molar-refractivity contribution >= 4 is 34.5 Å². The molecule has 0 unspecified atom stereocenters. The Labute approximate surface area is 184 Å². The number of primary amides is 1. The van der Waals surface area contributed by atoms with Gasteiger partial charge in [-0.2, -0.15) is 13.2 Å². The molecule has 0 spiro atoms. The summed E-state index contributed by atoms with van der Waals surface area (Å²) in [5.74, 6) is -2.46. The van der Waals surface area contributed by atoms with Gasteiger partial charge in [-0.1, -0.05) is 48.0 Å². The molecule has 1 heterocycles. The second kappa shape index (κ2) is 9.11. The fourth-order valence-corrected chi connectivity index (χ4v) is 2.89. The third-order valence-corrected chi connectivity index (χ3v) is 4.60. The molecule has 4 N–H and O–H groups in total. The summed E-state index contributed by atoms with van der Waals surface area (Å²) in [6.45, 7) is 0. The van der Waals surface area contributed by atoms with E-state index in [4.69, 9.17) is 27.2 Å². The van der Waals surface area contributed by atoms with Gasteiger partial charge in [-0.3, -0.25) is 4.79 Å². The molecule has 0 aliphatic heterocycles. The minimum Gasteiger partial charge on any atom is -0.475 e. The van der Waals surface area contributed by atoms with Crippen LogP contribution in [0.3, 0.4) is 0 Å². The number of carbonyl (C=O) groups excluding carboxylic acids is 1. The molecule has 3 aromatic carbocycles. The molecule has 164 valence electrons. The highest BCUT2D eigenvalue weighted by molar-refractivity contribution is 6.30. The number of nitrogens with two attached hydrogens (primary N) is 1. The maximum atomic E-state index is 11.3. The van der Waals surface area contributed by atoms with Gasteiger partial charge in [0.15, 0.2) is 0 Å². The van der Waals surface area contributed by atoms with E-state index in [2.05, 4.69) is 9.97 Å². The van der Waals surface area contributed by atoms with Gasteiger partial charge in [-0.05, 0) is 41.5 Å². The average molecular weight is 462 g/mol. The number of hydrogen-bond acceptors (Lipinski definition) is 3. The Morgan fingerprint density at radius 3 is 1.91 bits per heavy atom. The van der Waals surface area contributed by atoms with Crippen LogP contribution in [0.25, 0.3) is 33.5 Å². The molecule has 0 atom stereocenters. The number of alkyl halides is 3. The number of amides is 1. The van der Waals surface area contributed by atoms with Crippen molar-refractivity contribution in [1.29, 1.82) is 0 Å². The normalized spacial score (nSPS) is 11.0. The van der Waals surface area contributed by atoms with Crippen molar-refractivity contribution < 1.29 is 27.9 Å². The first kappa shape index (κ1) is 22.8. The highest BCUT2D eigenvalue weighted by atomic mass is 35.5. The molecule has 1 aromatic heterocycles. The number of halogens is 4. The van der Waals surface area contributed by atoms with Crippen LogP contribution in [-0.4, -0.2) is 33.1 Å². The lowest BCUT2D eigenvalue weighted by Gasteiger charge is -2.03. The van der Waals surface area contributed by atoms with Crippen LogP contribution in [0.2, 0.25) is 5.02 Å². The van der Waals surface area contributed by atoms with Crippen LogP contribution >= 0.6 is 11.6 Å². The summed E-state index contributed by atoms with van der Waals surface area (Å²) in [6, 6.07) is 21.0. The van der Waals surface area contributed by atoms with Gasteiger partial charge in [-0.25, -0.2) is 9.78 Å². The summed E-state index contributed by atoms with van der Waals surface area (Å²) in [5, 5.41) is 7.85. The van der Waals surface area contributed by atoms with Crippen molar-refractivity contribution in [3.05, 3.63) is 77.3 Å². The van der Waals surface area contributed by atoms with Gasteiger partial charge in [-0.15, -0.1) is 0 Å². The summed E-state index contributed by atoms with van der Waals surface area (Å²) >= 11 is 5.93. The summed E-state index contributed by atoms with van der Waals surface area (Å²) < 4.78 is 31.7. The first-order chi connectivity index (χ1) is 15.0. The number of aromatic amines is 1. The topological polar surface area (TPSA) is 109 Å². The number of nitrogens with one attached hydrogen (secondary N) is 1. The lowest BCUT2D eigenvalue weighted by molar-refractivity contribution is -0.192. The number of carbonyl (C=O) groups is 2. The Bertz CT molecular complexity index is 1270. The zero-order chi connectivity index (χ0) is 23.5. The second-order valence-corrected chi connectivity index (χ2v) is 7.01. The van der Waals surface area contributed by atoms with Crippen molar-refractivity contribution in [3.8, 4) is 22.5 Å². The van der Waals surface area contributed by atoms with Gasteiger partial charge in [0, 0.05) is 16.1 Å². The molecule has 10 heteroatoms. The minimum atomic E-state index is -5.08. The van der Waals surface area contributed by atoms with Crippen molar-refractivity contribution in [2.24, 2.45) is 5.73 Å². The smallest absolute Gasteiger partial charge is 0.475 e. The Balaban J connectivity index is 0.000000360. The number of hydrogen-bond donors (Lipinski definition) is 3. The van der Waals surface area contributed by atoms with E-state index in [0.29, 0.717) is 5.56 Å². The highest BCUT2D eigenvalue weighted by Crippen LogP contribution is 2.26. The molecule has 0 fully saturated rings. The van der Waals surface area contributed by atoms with Crippen LogP contribution in [0.1, 0.15) is 10.4 Å². The van der Waals surface area contributed by atoms with Crippen LogP contribution in [-0.2, 0) is 4.79 Å². The summed E-state index contributed by atoms with van der Waals surface area (Å²) in [5.41, 5.74) is 10.5. The minimum absolute atomic E-state index is 0.453. The Morgan fingerprint density at radius 1 is 0.906 bits per heavy atom. The molecule has 0 radical (unpaired) electrons. The quantitative estimate of drug-likeness (QED) is 0.385. The second-order valence-electron chi connectivity index (χ2n) is 6.57. The van der Waals surface area contributed by atoms with Gasteiger partial charge in [0.25, 0.3) is 0 Å². The molecule has 1 amide bonds. The summed E-state index contributed by atoms with van der Waals surface area (Å²) in [7, 11) is 0. The van der Waals surface area contributed by atoms with Crippen molar-refractivity contribution in [3.63, 3.8) is 0 Å². The fourth-order valence-electron chi connectivity index (χ4n) is 2.76. The molecular weight excluding hydrogens is 447 g/mol. The number of H-pyrrole nitrogens is 1. The SMILES string of the molecule is NC(=O)c1ccc2nc(-c3ccc(-c4ccc(Cl)cc4)cc3)[nH]c2c1.O=C(O)C(F)(F)F. The number of rotatable bonds is 3. The monoisotopic (exact) mass is 461 g/mol. The van der Waals surface area contributed by atoms with Crippen LogP contribution < -0.4 is 5.73 Å². The van der Waals surface area contributed by atoms with Gasteiger partial charge in [0.2, 0.25) is 5.91 Å². The molecule has 0 aliphatic rings. The molecular formula is C22H15ClF3N3O3. The van der Waals surface area contributed by atoms with Gasteiger partial charge in [0.05, 0.1) is 11.0 Å². The largest absolute Gasteiger partial charge is 0.490 e. The lowest BCUT2D eigenvalue weighted by atomic mass is 10.0. The van der Waals surface area contributed by atoms with E-state index >= 15 is 0 Å². The summed E-state index contributed by atoms with van der Waals surface area (Å²) in [6.07, 6.45) is -5.08. The molecule has 0 bridgehead atoms. The number of nitrogens with zero attached hydrogens (tertiary/aromatic N) is 1. The van der Waals surface area contributed by atoms with E-state index in [9.17, 15) is 18.0 Å². The van der Waals surface area contributed by atoms with E-state index in [1.165, 1.54) is 0 Å². The van der Waals surface area contributed by atoms with Crippen LogP contribution in [0.5, 0.6) is 0 Å². The predicted molar refractivity (Wildman–Crippen MR) is 114 cm³/mol. The fraction of sp³-hybridized carbons (Fsp3) is 0.0455. The van der Waals surface area contributed by atoms with Gasteiger partial charge in [0.1, 0.15) is 5.82 Å². The van der Waals surface area contributed by atoms with Gasteiger partial charge < -0.3 is 15.8 Å². The van der Waals surface area contributed by atoms with E-state index < -0.39 is 18.1 Å². The van der Waals surface area contributed by atoms with Crippen LogP contribution in [0.15, 0.2) is 66.7 Å². The number of imidazole rings is 1. The van der Waals surface area contributed by atoms with Crippen molar-refractivity contribution in [1.82, 2.24) is 9.97 Å². The molecule has 4 aromatic rings. The number of aromatic nitrogens is 2. The predicted octanol–water partition coefficient (Wildman–Crippen LogP) is 5.28. The number of carboxylic acid groups (broad SMARTS) is 1. The van der Waals surface area contributed by atoms with Crippen molar-refractivity contribution in [2.75, 3.05) is 0 Å². The zero-order valence-electron chi connectivity index (χ0n) is 16.2. The van der Waals surface area contributed by atoms with E-state index in [-0.39, 0.29) is 0 Å². The molecule has 0 aliphatic carbocycles. The van der Waals surface area contributed by atoms with Crippen molar-refractivity contribution in [2.45, 2.75) is 6.18 Å². The van der Waals surface area contributed by atoms with E-state index in [1.807, 2.05) is 48.5 Å². The first-order valence-electron chi connectivity index (χ1n) is 9.00.